The van der Waals surface area contributed by atoms with Crippen LogP contribution in [0.4, 0.5) is 0 Å². The van der Waals surface area contributed by atoms with Gasteiger partial charge in [-0.15, -0.1) is 0 Å². The Labute approximate surface area is 129 Å². The molecule has 1 amide bonds. The smallest absolute Gasteiger partial charge is 0.326 e. The van der Waals surface area contributed by atoms with E-state index in [2.05, 4.69) is 21.2 Å². The van der Waals surface area contributed by atoms with Crippen LogP contribution >= 0.6 is 39.3 Å². The van der Waals surface area contributed by atoms with Crippen LogP contribution in [0, 0.1) is 0 Å². The molecule has 7 heteroatoms. The Morgan fingerprint density at radius 3 is 2.68 bits per heavy atom. The van der Waals surface area contributed by atoms with Gasteiger partial charge in [-0.3, -0.25) is 4.79 Å². The predicted molar refractivity (Wildman–Crippen MR) is 81.0 cm³/mol. The van der Waals surface area contributed by atoms with Crippen LogP contribution in [0.25, 0.3) is 0 Å². The Morgan fingerprint density at radius 2 is 2.16 bits per heavy atom. The molecule has 0 saturated heterocycles. The summed E-state index contributed by atoms with van der Waals surface area (Å²) in [5, 5.41) is 11.9. The fourth-order valence-electron chi connectivity index (χ4n) is 1.42. The highest BCUT2D eigenvalue weighted by Gasteiger charge is 2.20. The van der Waals surface area contributed by atoms with Crippen molar-refractivity contribution in [1.29, 1.82) is 0 Å². The molecule has 2 N–H and O–H groups in total. The first kappa shape index (κ1) is 16.3. The Morgan fingerprint density at radius 1 is 1.47 bits per heavy atom. The Kier molecular flexibility index (Phi) is 6.68. The van der Waals surface area contributed by atoms with E-state index in [1.165, 1.54) is 17.8 Å². The van der Waals surface area contributed by atoms with Gasteiger partial charge in [-0.2, -0.15) is 11.8 Å². The second-order valence-electron chi connectivity index (χ2n) is 3.80. The van der Waals surface area contributed by atoms with Gasteiger partial charge in [-0.25, -0.2) is 4.79 Å². The summed E-state index contributed by atoms with van der Waals surface area (Å²) in [6, 6.07) is 3.85. The van der Waals surface area contributed by atoms with E-state index in [0.717, 1.165) is 0 Å². The molecule has 0 aliphatic heterocycles. The molecule has 1 unspecified atom stereocenters. The first-order valence-electron chi connectivity index (χ1n) is 5.42. The van der Waals surface area contributed by atoms with Crippen LogP contribution in [-0.2, 0) is 4.79 Å². The number of carbonyl (C=O) groups excluding carboxylic acids is 1. The van der Waals surface area contributed by atoms with Crippen molar-refractivity contribution in [3.63, 3.8) is 0 Å². The summed E-state index contributed by atoms with van der Waals surface area (Å²) in [5.41, 5.74) is 0.328. The molecule has 1 aromatic rings. The molecule has 0 bridgehead atoms. The molecule has 1 rings (SSSR count). The zero-order valence-corrected chi connectivity index (χ0v) is 13.3. The van der Waals surface area contributed by atoms with Crippen LogP contribution in [0.5, 0.6) is 0 Å². The second kappa shape index (κ2) is 7.77. The van der Waals surface area contributed by atoms with E-state index in [9.17, 15) is 9.59 Å². The fraction of sp³-hybridized carbons (Fsp3) is 0.333. The van der Waals surface area contributed by atoms with Crippen molar-refractivity contribution in [2.45, 2.75) is 12.5 Å². The normalized spacial score (nSPS) is 11.9. The van der Waals surface area contributed by atoms with E-state index in [1.807, 2.05) is 6.26 Å². The van der Waals surface area contributed by atoms with Crippen molar-refractivity contribution in [3.05, 3.63) is 33.3 Å². The second-order valence-corrected chi connectivity index (χ2v) is 6.14. The number of halogens is 2. The molecule has 1 aromatic carbocycles. The van der Waals surface area contributed by atoms with Gasteiger partial charge >= 0.3 is 5.97 Å². The lowest BCUT2D eigenvalue weighted by molar-refractivity contribution is -0.139. The molecule has 0 aromatic heterocycles. The van der Waals surface area contributed by atoms with E-state index in [-0.39, 0.29) is 0 Å². The lowest BCUT2D eigenvalue weighted by Crippen LogP contribution is -2.41. The monoisotopic (exact) mass is 365 g/mol. The molecule has 1 atom stereocenters. The van der Waals surface area contributed by atoms with E-state index < -0.39 is 17.9 Å². The average Bonchev–Trinajstić information content (AvgIpc) is 2.32. The van der Waals surface area contributed by atoms with Crippen molar-refractivity contribution < 1.29 is 14.7 Å². The zero-order chi connectivity index (χ0) is 14.4. The third kappa shape index (κ3) is 5.42. The number of carboxylic acid groups (broad SMARTS) is 1. The minimum atomic E-state index is -1.04. The summed E-state index contributed by atoms with van der Waals surface area (Å²) in [4.78, 5) is 23.0. The molecule has 104 valence electrons. The van der Waals surface area contributed by atoms with Gasteiger partial charge in [-0.1, -0.05) is 27.5 Å². The number of amides is 1. The van der Waals surface area contributed by atoms with Crippen LogP contribution in [0.1, 0.15) is 16.8 Å². The maximum Gasteiger partial charge on any atom is 0.326 e. The van der Waals surface area contributed by atoms with Crippen LogP contribution in [0.3, 0.4) is 0 Å². The maximum absolute atomic E-state index is 12.0. The van der Waals surface area contributed by atoms with Crippen molar-refractivity contribution >= 4 is 51.2 Å². The number of thioether (sulfide) groups is 1. The average molecular weight is 367 g/mol. The largest absolute Gasteiger partial charge is 0.480 e. The van der Waals surface area contributed by atoms with E-state index in [0.29, 0.717) is 27.2 Å². The number of rotatable bonds is 6. The van der Waals surface area contributed by atoms with Crippen molar-refractivity contribution in [2.75, 3.05) is 12.0 Å². The summed E-state index contributed by atoms with van der Waals surface area (Å²) in [6.45, 7) is 0. The summed E-state index contributed by atoms with van der Waals surface area (Å²) in [7, 11) is 0. The van der Waals surface area contributed by atoms with Gasteiger partial charge in [0.05, 0.1) is 0 Å². The molecule has 0 saturated carbocycles. The Hall–Kier alpha value is -0.720. The van der Waals surface area contributed by atoms with Gasteiger partial charge in [0, 0.05) is 15.1 Å². The molecule has 0 aliphatic carbocycles. The van der Waals surface area contributed by atoms with Gasteiger partial charge in [0.15, 0.2) is 0 Å². The number of carbonyl (C=O) groups is 2. The van der Waals surface area contributed by atoms with E-state index in [4.69, 9.17) is 16.7 Å². The highest BCUT2D eigenvalue weighted by Crippen LogP contribution is 2.19. The molecule has 0 aliphatic rings. The lowest BCUT2D eigenvalue weighted by atomic mass is 10.1. The Balaban J connectivity index is 2.78. The SMILES string of the molecule is CSCCC(NC(=O)c1cc(Cl)cc(Br)c1)C(=O)O. The number of nitrogens with one attached hydrogen (secondary N) is 1. The van der Waals surface area contributed by atoms with Crippen LogP contribution in [-0.4, -0.2) is 35.0 Å². The van der Waals surface area contributed by atoms with Crippen LogP contribution in [0.15, 0.2) is 22.7 Å². The number of hydrogen-bond acceptors (Lipinski definition) is 3. The highest BCUT2D eigenvalue weighted by molar-refractivity contribution is 9.10. The molecule has 0 heterocycles. The fourth-order valence-corrected chi connectivity index (χ4v) is 2.75. The molecule has 0 radical (unpaired) electrons. The molecule has 4 nitrogen and oxygen atoms in total. The minimum absolute atomic E-state index is 0.328. The quantitative estimate of drug-likeness (QED) is 0.812. The van der Waals surface area contributed by atoms with E-state index >= 15 is 0 Å². The lowest BCUT2D eigenvalue weighted by Gasteiger charge is -2.14. The van der Waals surface area contributed by atoms with Crippen LogP contribution < -0.4 is 5.32 Å². The summed E-state index contributed by atoms with van der Waals surface area (Å²) < 4.78 is 0.668. The molecule has 19 heavy (non-hydrogen) atoms. The summed E-state index contributed by atoms with van der Waals surface area (Å²) >= 11 is 10.6. The first-order chi connectivity index (χ1) is 8.93. The third-order valence-corrected chi connectivity index (χ3v) is 3.66. The van der Waals surface area contributed by atoms with Gasteiger partial charge < -0.3 is 10.4 Å². The number of benzene rings is 1. The predicted octanol–water partition coefficient (Wildman–Crippen LogP) is 3.04. The minimum Gasteiger partial charge on any atom is -0.480 e. The number of carboxylic acids is 1. The first-order valence-corrected chi connectivity index (χ1v) is 7.99. The molecule has 0 spiro atoms. The molecule has 0 fully saturated rings. The summed E-state index contributed by atoms with van der Waals surface area (Å²) in [5.74, 6) is -0.823. The van der Waals surface area contributed by atoms with Crippen LogP contribution in [0.2, 0.25) is 5.02 Å². The van der Waals surface area contributed by atoms with Gasteiger partial charge in [0.1, 0.15) is 6.04 Å². The third-order valence-electron chi connectivity index (χ3n) is 2.34. The van der Waals surface area contributed by atoms with Gasteiger partial charge in [0.25, 0.3) is 5.91 Å². The molecular weight excluding hydrogens is 354 g/mol. The maximum atomic E-state index is 12.0. The van der Waals surface area contributed by atoms with Gasteiger partial charge in [-0.05, 0) is 36.6 Å². The number of hydrogen-bond donors (Lipinski definition) is 2. The van der Waals surface area contributed by atoms with Crippen molar-refractivity contribution in [2.24, 2.45) is 0 Å². The zero-order valence-electron chi connectivity index (χ0n) is 10.2. The highest BCUT2D eigenvalue weighted by atomic mass is 79.9. The van der Waals surface area contributed by atoms with Crippen molar-refractivity contribution in [3.8, 4) is 0 Å². The number of aliphatic carboxylic acids is 1. The Bertz CT molecular complexity index is 464. The molecular formula is C12H13BrClNO3S. The van der Waals surface area contributed by atoms with E-state index in [1.54, 1.807) is 12.1 Å². The summed E-state index contributed by atoms with van der Waals surface area (Å²) in [6.07, 6.45) is 2.26. The van der Waals surface area contributed by atoms with Gasteiger partial charge in [0.2, 0.25) is 0 Å². The topological polar surface area (TPSA) is 66.4 Å². The van der Waals surface area contributed by atoms with Crippen molar-refractivity contribution in [1.82, 2.24) is 5.32 Å². The standard InChI is InChI=1S/C12H13BrClNO3S/c1-19-3-2-10(12(17)18)15-11(16)7-4-8(13)6-9(14)5-7/h4-6,10H,2-3H2,1H3,(H,15,16)(H,17,18).